The highest BCUT2D eigenvalue weighted by molar-refractivity contribution is 5.75. The smallest absolute Gasteiger partial charge is 0.325 e. The fourth-order valence-corrected chi connectivity index (χ4v) is 1.40. The number of likely N-dealkylation sites (N-methyl/N-ethyl adjacent to an activating group) is 1. The van der Waals surface area contributed by atoms with E-state index in [1.165, 1.54) is 5.06 Å². The molecule has 2 atom stereocenters. The molecule has 0 amide bonds. The third-order valence-corrected chi connectivity index (χ3v) is 2.05. The minimum atomic E-state index is -0.341. The summed E-state index contributed by atoms with van der Waals surface area (Å²) in [5, 5.41) is 1.50. The second-order valence-electron chi connectivity index (χ2n) is 3.04. The lowest BCUT2D eigenvalue weighted by atomic mass is 10.2. The first-order chi connectivity index (χ1) is 6.69. The molecule has 0 unspecified atom stereocenters. The summed E-state index contributed by atoms with van der Waals surface area (Å²) in [5.74, 6) is -0.253. The zero-order valence-electron chi connectivity index (χ0n) is 8.86. The van der Waals surface area contributed by atoms with E-state index in [1.54, 1.807) is 14.0 Å². The molecular formula is C9H17NO4. The van der Waals surface area contributed by atoms with Crippen LogP contribution in [0.2, 0.25) is 0 Å². The topological polar surface area (TPSA) is 48.0 Å². The Morgan fingerprint density at radius 3 is 2.79 bits per heavy atom. The lowest BCUT2D eigenvalue weighted by Crippen LogP contribution is -2.33. The van der Waals surface area contributed by atoms with Gasteiger partial charge in [-0.1, -0.05) is 0 Å². The number of carbonyl (C=O) groups excluding carboxylic acids is 1. The molecular weight excluding hydrogens is 186 g/mol. The summed E-state index contributed by atoms with van der Waals surface area (Å²) in [6.45, 7) is 4.64. The summed E-state index contributed by atoms with van der Waals surface area (Å²) in [6.07, 6.45) is 0.211. The van der Waals surface area contributed by atoms with Crippen molar-refractivity contribution < 1.29 is 19.1 Å². The molecule has 1 saturated heterocycles. The van der Waals surface area contributed by atoms with Crippen LogP contribution < -0.4 is 0 Å². The van der Waals surface area contributed by atoms with Crippen molar-refractivity contribution in [3.63, 3.8) is 0 Å². The quantitative estimate of drug-likeness (QED) is 0.624. The molecule has 1 heterocycles. The molecule has 5 nitrogen and oxygen atoms in total. The summed E-state index contributed by atoms with van der Waals surface area (Å²) in [4.78, 5) is 16.7. The summed E-state index contributed by atoms with van der Waals surface area (Å²) in [6, 6.07) is -0.341. The van der Waals surface area contributed by atoms with Gasteiger partial charge in [0.05, 0.1) is 6.61 Å². The number of nitrogens with zero attached hydrogens (tertiary/aromatic N) is 1. The number of ether oxygens (including phenoxy) is 2. The van der Waals surface area contributed by atoms with E-state index in [0.717, 1.165) is 0 Å². The highest BCUT2D eigenvalue weighted by atomic mass is 16.8. The van der Waals surface area contributed by atoms with Crippen molar-refractivity contribution >= 4 is 5.97 Å². The van der Waals surface area contributed by atoms with Crippen LogP contribution in [0.1, 0.15) is 20.3 Å². The van der Waals surface area contributed by atoms with Gasteiger partial charge >= 0.3 is 5.97 Å². The Balaban J connectivity index is 2.43. The van der Waals surface area contributed by atoms with E-state index in [-0.39, 0.29) is 18.3 Å². The van der Waals surface area contributed by atoms with Crippen molar-refractivity contribution in [1.82, 2.24) is 5.06 Å². The number of esters is 1. The Kier molecular flexibility index (Phi) is 4.31. The molecule has 0 aromatic heterocycles. The van der Waals surface area contributed by atoms with Crippen LogP contribution in [0, 0.1) is 0 Å². The van der Waals surface area contributed by atoms with Crippen molar-refractivity contribution in [2.24, 2.45) is 0 Å². The van der Waals surface area contributed by atoms with Crippen LogP contribution in [0.15, 0.2) is 0 Å². The number of carbonyl (C=O) groups is 1. The van der Waals surface area contributed by atoms with Crippen molar-refractivity contribution in [3.8, 4) is 0 Å². The molecule has 0 N–H and O–H groups in total. The fourth-order valence-electron chi connectivity index (χ4n) is 1.40. The minimum Gasteiger partial charge on any atom is -0.465 e. The molecule has 0 saturated carbocycles. The normalized spacial score (nSPS) is 27.9. The van der Waals surface area contributed by atoms with E-state index in [1.807, 2.05) is 6.92 Å². The van der Waals surface area contributed by atoms with Gasteiger partial charge in [0.15, 0.2) is 6.29 Å². The zero-order valence-corrected chi connectivity index (χ0v) is 8.86. The molecule has 82 valence electrons. The Bertz CT molecular complexity index is 197. The molecule has 0 aliphatic carbocycles. The first-order valence-corrected chi connectivity index (χ1v) is 4.86. The maximum absolute atomic E-state index is 11.4. The Labute approximate surface area is 83.9 Å². The summed E-state index contributed by atoms with van der Waals surface area (Å²) >= 11 is 0. The first kappa shape index (κ1) is 11.4. The van der Waals surface area contributed by atoms with E-state index in [4.69, 9.17) is 14.3 Å². The van der Waals surface area contributed by atoms with Crippen molar-refractivity contribution in [1.29, 1.82) is 0 Å². The fraction of sp³-hybridized carbons (Fsp3) is 0.889. The van der Waals surface area contributed by atoms with Crippen molar-refractivity contribution in [2.75, 3.05) is 20.3 Å². The second kappa shape index (κ2) is 5.29. The van der Waals surface area contributed by atoms with Crippen LogP contribution in [0.5, 0.6) is 0 Å². The van der Waals surface area contributed by atoms with E-state index < -0.39 is 0 Å². The van der Waals surface area contributed by atoms with E-state index in [9.17, 15) is 4.79 Å². The van der Waals surface area contributed by atoms with Gasteiger partial charge in [0.25, 0.3) is 0 Å². The van der Waals surface area contributed by atoms with Gasteiger partial charge in [-0.05, 0) is 13.8 Å². The summed E-state index contributed by atoms with van der Waals surface area (Å²) in [7, 11) is 1.71. The number of rotatable bonds is 4. The molecule has 5 heteroatoms. The molecule has 1 fully saturated rings. The van der Waals surface area contributed by atoms with E-state index >= 15 is 0 Å². The van der Waals surface area contributed by atoms with Gasteiger partial charge < -0.3 is 9.47 Å². The Hall–Kier alpha value is -0.650. The molecule has 0 aromatic rings. The third kappa shape index (κ3) is 2.67. The van der Waals surface area contributed by atoms with Gasteiger partial charge in [-0.25, -0.2) is 0 Å². The van der Waals surface area contributed by atoms with Gasteiger partial charge in [-0.3, -0.25) is 9.63 Å². The highest BCUT2D eigenvalue weighted by Gasteiger charge is 2.37. The number of hydrogen-bond acceptors (Lipinski definition) is 5. The van der Waals surface area contributed by atoms with Crippen LogP contribution >= 0.6 is 0 Å². The van der Waals surface area contributed by atoms with Gasteiger partial charge in [0.2, 0.25) is 0 Å². The number of hydrogen-bond donors (Lipinski definition) is 0. The molecule has 0 spiro atoms. The third-order valence-electron chi connectivity index (χ3n) is 2.05. The van der Waals surface area contributed by atoms with Gasteiger partial charge in [0.1, 0.15) is 6.04 Å². The first-order valence-electron chi connectivity index (χ1n) is 4.86. The molecule has 0 bridgehead atoms. The van der Waals surface area contributed by atoms with Crippen LogP contribution in [0.3, 0.4) is 0 Å². The van der Waals surface area contributed by atoms with Crippen LogP contribution in [0.25, 0.3) is 0 Å². The standard InChI is InChI=1S/C9H17NO4/c1-4-12-8-6-7(10(3)14-8)9(11)13-5-2/h7-8H,4-6H2,1-3H3/t7-,8-/m0/s1. The highest BCUT2D eigenvalue weighted by Crippen LogP contribution is 2.20. The lowest BCUT2D eigenvalue weighted by molar-refractivity contribution is -0.228. The largest absolute Gasteiger partial charge is 0.465 e. The average molecular weight is 203 g/mol. The predicted octanol–water partition coefficient (Wildman–Crippen LogP) is 0.548. The Morgan fingerprint density at radius 2 is 2.21 bits per heavy atom. The lowest BCUT2D eigenvalue weighted by Gasteiger charge is -2.14. The maximum Gasteiger partial charge on any atom is 0.325 e. The SMILES string of the molecule is CCOC(=O)[C@@H]1C[C@@H](OCC)ON1C. The average Bonchev–Trinajstić information content (AvgIpc) is 2.48. The predicted molar refractivity (Wildman–Crippen MR) is 49.3 cm³/mol. The van der Waals surface area contributed by atoms with Gasteiger partial charge in [-0.2, -0.15) is 5.06 Å². The summed E-state index contributed by atoms with van der Waals surface area (Å²) < 4.78 is 10.2. The molecule has 1 rings (SSSR count). The molecule has 1 aliphatic rings. The van der Waals surface area contributed by atoms with Crippen LogP contribution in [0.4, 0.5) is 0 Å². The molecule has 14 heavy (non-hydrogen) atoms. The van der Waals surface area contributed by atoms with Crippen molar-refractivity contribution in [2.45, 2.75) is 32.6 Å². The van der Waals surface area contributed by atoms with E-state index in [2.05, 4.69) is 0 Å². The van der Waals surface area contributed by atoms with Gasteiger partial charge in [0, 0.05) is 20.1 Å². The molecule has 0 radical (unpaired) electrons. The second-order valence-corrected chi connectivity index (χ2v) is 3.04. The maximum atomic E-state index is 11.4. The monoisotopic (exact) mass is 203 g/mol. The van der Waals surface area contributed by atoms with Crippen molar-refractivity contribution in [3.05, 3.63) is 0 Å². The molecule has 1 aliphatic heterocycles. The molecule has 0 aromatic carbocycles. The minimum absolute atomic E-state index is 0.253. The zero-order chi connectivity index (χ0) is 10.6. The summed E-state index contributed by atoms with van der Waals surface area (Å²) in [5.41, 5.74) is 0. The van der Waals surface area contributed by atoms with Crippen LogP contribution in [-0.2, 0) is 19.1 Å². The van der Waals surface area contributed by atoms with Crippen LogP contribution in [-0.4, -0.2) is 43.6 Å². The Morgan fingerprint density at radius 1 is 1.50 bits per heavy atom. The number of hydroxylamine groups is 2. The van der Waals surface area contributed by atoms with E-state index in [0.29, 0.717) is 19.6 Å². The van der Waals surface area contributed by atoms with Gasteiger partial charge in [-0.15, -0.1) is 0 Å².